The van der Waals surface area contributed by atoms with Gasteiger partial charge in [0.05, 0.1) is 6.61 Å². The molecule has 0 unspecified atom stereocenters. The van der Waals surface area contributed by atoms with Gasteiger partial charge in [-0.2, -0.15) is 0 Å². The van der Waals surface area contributed by atoms with Crippen molar-refractivity contribution in [1.29, 1.82) is 0 Å². The van der Waals surface area contributed by atoms with Crippen molar-refractivity contribution in [3.63, 3.8) is 0 Å². The molecule has 0 aromatic carbocycles. The van der Waals surface area contributed by atoms with Crippen molar-refractivity contribution < 1.29 is 24.2 Å². The van der Waals surface area contributed by atoms with Gasteiger partial charge in [0, 0.05) is 12.8 Å². The Morgan fingerprint density at radius 1 is 0.489 bits per heavy atom. The summed E-state index contributed by atoms with van der Waals surface area (Å²) in [5, 5.41) is 9.49. The maximum atomic E-state index is 12.1. The van der Waals surface area contributed by atoms with Gasteiger partial charge in [0.25, 0.3) is 0 Å². The quantitative estimate of drug-likeness (QED) is 0.0426. The molecule has 0 aliphatic rings. The predicted octanol–water partition coefficient (Wildman–Crippen LogP) is 11.9. The van der Waals surface area contributed by atoms with E-state index in [1.165, 1.54) is 128 Å². The van der Waals surface area contributed by atoms with Gasteiger partial charge in [-0.3, -0.25) is 9.59 Å². The molecule has 5 heteroatoms. The summed E-state index contributed by atoms with van der Waals surface area (Å²) in [5.74, 6) is -0.640. The molecule has 1 N–H and O–H groups in total. The van der Waals surface area contributed by atoms with Gasteiger partial charge in [0.15, 0.2) is 6.10 Å². The van der Waals surface area contributed by atoms with Crippen LogP contribution in [0.1, 0.15) is 200 Å². The second-order valence-electron chi connectivity index (χ2n) is 13.0. The van der Waals surface area contributed by atoms with Crippen LogP contribution in [0, 0.1) is 0 Å². The van der Waals surface area contributed by atoms with E-state index < -0.39 is 6.10 Å². The Kier molecular flexibility index (Phi) is 35.5. The van der Waals surface area contributed by atoms with Crippen LogP contribution in [-0.2, 0) is 19.1 Å². The fourth-order valence-electron chi connectivity index (χ4n) is 5.51. The van der Waals surface area contributed by atoms with Crippen LogP contribution >= 0.6 is 0 Å². The van der Waals surface area contributed by atoms with Crippen molar-refractivity contribution in [2.45, 2.75) is 206 Å². The minimum absolute atomic E-state index is 0.0785. The average Bonchev–Trinajstić information content (AvgIpc) is 3.04. The van der Waals surface area contributed by atoms with Gasteiger partial charge in [0.2, 0.25) is 0 Å². The number of aliphatic hydroxyl groups is 1. The van der Waals surface area contributed by atoms with Crippen molar-refractivity contribution in [2.24, 2.45) is 0 Å². The van der Waals surface area contributed by atoms with E-state index in [-0.39, 0.29) is 25.2 Å². The van der Waals surface area contributed by atoms with E-state index in [1.54, 1.807) is 0 Å². The van der Waals surface area contributed by atoms with E-state index >= 15 is 0 Å². The van der Waals surface area contributed by atoms with Gasteiger partial charge in [-0.25, -0.2) is 0 Å². The summed E-state index contributed by atoms with van der Waals surface area (Å²) in [6.45, 7) is 4.08. The third-order valence-electron chi connectivity index (χ3n) is 8.48. The number of ether oxygens (including phenoxy) is 2. The summed E-state index contributed by atoms with van der Waals surface area (Å²) in [5.41, 5.74) is 0. The van der Waals surface area contributed by atoms with Crippen molar-refractivity contribution in [3.05, 3.63) is 24.3 Å². The third-order valence-corrected chi connectivity index (χ3v) is 8.48. The van der Waals surface area contributed by atoms with Crippen LogP contribution in [-0.4, -0.2) is 36.4 Å². The highest BCUT2D eigenvalue weighted by atomic mass is 16.6. The summed E-state index contributed by atoms with van der Waals surface area (Å²) < 4.78 is 10.5. The number of unbranched alkanes of at least 4 members (excludes halogenated alkanes) is 23. The molecule has 0 heterocycles. The number of esters is 2. The third kappa shape index (κ3) is 35.1. The monoisotopic (exact) mass is 635 g/mol. The number of hydrogen-bond acceptors (Lipinski definition) is 5. The van der Waals surface area contributed by atoms with E-state index in [2.05, 4.69) is 38.2 Å². The molecule has 0 aliphatic heterocycles. The van der Waals surface area contributed by atoms with Crippen LogP contribution in [0.3, 0.4) is 0 Å². The highest BCUT2D eigenvalue weighted by Crippen LogP contribution is 2.14. The number of aliphatic hydroxyl groups excluding tert-OH is 1. The lowest BCUT2D eigenvalue weighted by Gasteiger charge is -2.15. The van der Waals surface area contributed by atoms with Crippen LogP contribution in [0.4, 0.5) is 0 Å². The fraction of sp³-hybridized carbons (Fsp3) is 0.850. The van der Waals surface area contributed by atoms with Gasteiger partial charge in [0.1, 0.15) is 6.61 Å². The normalized spacial score (nSPS) is 12.3. The molecule has 45 heavy (non-hydrogen) atoms. The maximum Gasteiger partial charge on any atom is 0.306 e. The van der Waals surface area contributed by atoms with Crippen molar-refractivity contribution in [2.75, 3.05) is 13.2 Å². The van der Waals surface area contributed by atoms with Crippen LogP contribution in [0.15, 0.2) is 24.3 Å². The summed E-state index contributed by atoms with van der Waals surface area (Å²) in [6.07, 6.45) is 42.7. The SMILES string of the molecule is CCCCCCCCCCCCCCCC/C=C/CC/C=C/CCCC(=O)O[C@@H](CO)COC(=O)CCCCCCCCCC. The highest BCUT2D eigenvalue weighted by Gasteiger charge is 2.15. The van der Waals surface area contributed by atoms with E-state index in [0.29, 0.717) is 19.3 Å². The summed E-state index contributed by atoms with van der Waals surface area (Å²) >= 11 is 0. The Morgan fingerprint density at radius 3 is 1.33 bits per heavy atom. The average molecular weight is 635 g/mol. The molecule has 0 fully saturated rings. The maximum absolute atomic E-state index is 12.1. The molecule has 0 rings (SSSR count). The number of allylic oxidation sites excluding steroid dienone is 4. The van der Waals surface area contributed by atoms with Gasteiger partial charge in [-0.15, -0.1) is 0 Å². The molecular weight excluding hydrogens is 560 g/mol. The molecule has 5 nitrogen and oxygen atoms in total. The van der Waals surface area contributed by atoms with Gasteiger partial charge in [-0.05, 0) is 44.9 Å². The van der Waals surface area contributed by atoms with E-state index in [0.717, 1.165) is 38.5 Å². The summed E-state index contributed by atoms with van der Waals surface area (Å²) in [6, 6.07) is 0. The lowest BCUT2D eigenvalue weighted by Crippen LogP contribution is -2.28. The molecule has 0 saturated heterocycles. The molecular formula is C40H74O5. The second kappa shape index (κ2) is 36.8. The Labute approximate surface area is 279 Å². The zero-order chi connectivity index (χ0) is 32.9. The Balaban J connectivity index is 3.55. The van der Waals surface area contributed by atoms with E-state index in [9.17, 15) is 14.7 Å². The molecule has 264 valence electrons. The Morgan fingerprint density at radius 2 is 0.867 bits per heavy atom. The molecule has 0 amide bonds. The molecule has 0 spiro atoms. The Bertz CT molecular complexity index is 686. The fourth-order valence-corrected chi connectivity index (χ4v) is 5.51. The Hall–Kier alpha value is -1.62. The van der Waals surface area contributed by atoms with Crippen molar-refractivity contribution in [1.82, 2.24) is 0 Å². The summed E-state index contributed by atoms with van der Waals surface area (Å²) in [4.78, 5) is 24.1. The predicted molar refractivity (Wildman–Crippen MR) is 191 cm³/mol. The minimum atomic E-state index is -0.785. The zero-order valence-corrected chi connectivity index (χ0v) is 29.9. The first-order valence-corrected chi connectivity index (χ1v) is 19.4. The first-order chi connectivity index (χ1) is 22.1. The van der Waals surface area contributed by atoms with Gasteiger partial charge < -0.3 is 14.6 Å². The smallest absolute Gasteiger partial charge is 0.306 e. The molecule has 0 aromatic heterocycles. The lowest BCUT2D eigenvalue weighted by molar-refractivity contribution is -0.161. The first-order valence-electron chi connectivity index (χ1n) is 19.4. The van der Waals surface area contributed by atoms with E-state index in [4.69, 9.17) is 9.47 Å². The number of rotatable bonds is 35. The van der Waals surface area contributed by atoms with Crippen molar-refractivity contribution in [3.8, 4) is 0 Å². The van der Waals surface area contributed by atoms with Crippen LogP contribution in [0.2, 0.25) is 0 Å². The second-order valence-corrected chi connectivity index (χ2v) is 13.0. The lowest BCUT2D eigenvalue weighted by atomic mass is 10.0. The summed E-state index contributed by atoms with van der Waals surface area (Å²) in [7, 11) is 0. The molecule has 0 radical (unpaired) electrons. The van der Waals surface area contributed by atoms with E-state index in [1.807, 2.05) is 0 Å². The van der Waals surface area contributed by atoms with Gasteiger partial charge in [-0.1, -0.05) is 167 Å². The number of carbonyl (C=O) groups excluding carboxylic acids is 2. The van der Waals surface area contributed by atoms with Crippen molar-refractivity contribution >= 4 is 11.9 Å². The van der Waals surface area contributed by atoms with Crippen LogP contribution in [0.25, 0.3) is 0 Å². The molecule has 0 bridgehead atoms. The minimum Gasteiger partial charge on any atom is -0.462 e. The standard InChI is InChI=1S/C40H74O5/c1-3-5-7-9-11-13-14-15-16-17-18-19-20-21-22-23-24-25-26-27-29-31-33-35-40(43)45-38(36-41)37-44-39(42)34-32-30-28-12-10-8-6-4-2/h23-24,27,29,38,41H,3-22,25-26,28,30-37H2,1-2H3/b24-23+,29-27+/t38-/m0/s1. The molecule has 1 atom stereocenters. The molecule has 0 aliphatic carbocycles. The highest BCUT2D eigenvalue weighted by molar-refractivity contribution is 5.70. The number of hydrogen-bond donors (Lipinski definition) is 1. The topological polar surface area (TPSA) is 72.8 Å². The number of carbonyl (C=O) groups is 2. The van der Waals surface area contributed by atoms with Gasteiger partial charge >= 0.3 is 11.9 Å². The molecule has 0 aromatic rings. The van der Waals surface area contributed by atoms with Crippen LogP contribution < -0.4 is 0 Å². The molecule has 0 saturated carbocycles. The van der Waals surface area contributed by atoms with Crippen LogP contribution in [0.5, 0.6) is 0 Å². The zero-order valence-electron chi connectivity index (χ0n) is 29.9. The first kappa shape index (κ1) is 43.4. The largest absolute Gasteiger partial charge is 0.462 e.